The van der Waals surface area contributed by atoms with Gasteiger partial charge in [0.25, 0.3) is 0 Å². The maximum atomic E-state index is 6.17. The van der Waals surface area contributed by atoms with E-state index in [-0.39, 0.29) is 0 Å². The molecule has 0 radical (unpaired) electrons. The Kier molecular flexibility index (Phi) is 7.25. The van der Waals surface area contributed by atoms with E-state index in [0.717, 1.165) is 11.8 Å². The third kappa shape index (κ3) is 5.27. The van der Waals surface area contributed by atoms with Crippen LogP contribution >= 0.6 is 0 Å². The minimum Gasteiger partial charge on any atom is -0.327 e. The van der Waals surface area contributed by atoms with Crippen molar-refractivity contribution in [3.63, 3.8) is 0 Å². The van der Waals surface area contributed by atoms with Crippen LogP contribution < -0.4 is 11.5 Å². The second-order valence-corrected chi connectivity index (χ2v) is 6.68. The number of rotatable bonds is 7. The van der Waals surface area contributed by atoms with Crippen LogP contribution in [-0.2, 0) is 0 Å². The third-order valence-corrected chi connectivity index (χ3v) is 4.97. The molecule has 2 nitrogen and oxygen atoms in total. The van der Waals surface area contributed by atoms with E-state index in [1.807, 2.05) is 0 Å². The first-order valence-corrected chi connectivity index (χ1v) is 8.05. The van der Waals surface area contributed by atoms with Crippen molar-refractivity contribution in [2.24, 2.45) is 29.2 Å². The van der Waals surface area contributed by atoms with Crippen molar-refractivity contribution < 1.29 is 0 Å². The van der Waals surface area contributed by atoms with Crippen LogP contribution in [0.5, 0.6) is 0 Å². The molecule has 1 rings (SSSR count). The largest absolute Gasteiger partial charge is 0.327 e. The highest BCUT2D eigenvalue weighted by Gasteiger charge is 2.24. The Morgan fingerprint density at radius 1 is 1.22 bits per heavy atom. The van der Waals surface area contributed by atoms with Gasteiger partial charge in [0.2, 0.25) is 0 Å². The molecule has 18 heavy (non-hydrogen) atoms. The van der Waals surface area contributed by atoms with E-state index in [0.29, 0.717) is 18.0 Å². The summed E-state index contributed by atoms with van der Waals surface area (Å²) in [6.45, 7) is 6.86. The third-order valence-electron chi connectivity index (χ3n) is 4.97. The average molecular weight is 254 g/mol. The maximum Gasteiger partial charge on any atom is 0.00647 e. The first-order valence-electron chi connectivity index (χ1n) is 8.05. The average Bonchev–Trinajstić information content (AvgIpc) is 2.34. The van der Waals surface area contributed by atoms with Gasteiger partial charge in [-0.2, -0.15) is 0 Å². The van der Waals surface area contributed by atoms with E-state index in [1.165, 1.54) is 51.4 Å². The molecule has 5 unspecified atom stereocenters. The van der Waals surface area contributed by atoms with Gasteiger partial charge < -0.3 is 11.5 Å². The Bertz CT molecular complexity index is 217. The van der Waals surface area contributed by atoms with Crippen molar-refractivity contribution in [1.82, 2.24) is 0 Å². The number of nitrogens with two attached hydrogens (primary N) is 2. The van der Waals surface area contributed by atoms with E-state index >= 15 is 0 Å². The molecule has 0 saturated heterocycles. The molecule has 0 amide bonds. The van der Waals surface area contributed by atoms with Gasteiger partial charge in [0.1, 0.15) is 0 Å². The highest BCUT2D eigenvalue weighted by molar-refractivity contribution is 4.80. The maximum absolute atomic E-state index is 6.17. The Morgan fingerprint density at radius 2 is 1.94 bits per heavy atom. The fraction of sp³-hybridized carbons (Fsp3) is 1.00. The zero-order valence-corrected chi connectivity index (χ0v) is 12.7. The second kappa shape index (κ2) is 8.16. The van der Waals surface area contributed by atoms with Gasteiger partial charge in [0, 0.05) is 12.1 Å². The van der Waals surface area contributed by atoms with Gasteiger partial charge in [-0.05, 0) is 49.9 Å². The zero-order valence-electron chi connectivity index (χ0n) is 12.7. The number of hydrogen-bond donors (Lipinski definition) is 2. The van der Waals surface area contributed by atoms with Crippen LogP contribution in [0.4, 0.5) is 0 Å². The molecule has 5 atom stereocenters. The van der Waals surface area contributed by atoms with Crippen LogP contribution in [0, 0.1) is 17.8 Å². The summed E-state index contributed by atoms with van der Waals surface area (Å²) in [5.74, 6) is 2.34. The lowest BCUT2D eigenvalue weighted by atomic mass is 9.77. The van der Waals surface area contributed by atoms with Gasteiger partial charge in [-0.3, -0.25) is 0 Å². The van der Waals surface area contributed by atoms with Crippen molar-refractivity contribution in [3.05, 3.63) is 0 Å². The minimum atomic E-state index is 0.411. The highest BCUT2D eigenvalue weighted by atomic mass is 14.7. The molecule has 0 heterocycles. The molecule has 0 spiro atoms. The summed E-state index contributed by atoms with van der Waals surface area (Å²) in [6, 6.07) is 0.867. The summed E-state index contributed by atoms with van der Waals surface area (Å²) < 4.78 is 0. The molecule has 2 heteroatoms. The predicted octanol–water partition coefficient (Wildman–Crippen LogP) is 3.68. The quantitative estimate of drug-likeness (QED) is 0.728. The van der Waals surface area contributed by atoms with Crippen molar-refractivity contribution >= 4 is 0 Å². The molecule has 1 saturated carbocycles. The molecule has 0 aliphatic heterocycles. The predicted molar refractivity (Wildman–Crippen MR) is 80.4 cm³/mol. The molecule has 1 fully saturated rings. The Hall–Kier alpha value is -0.0800. The van der Waals surface area contributed by atoms with Gasteiger partial charge in [-0.25, -0.2) is 0 Å². The van der Waals surface area contributed by atoms with E-state index < -0.39 is 0 Å². The summed E-state index contributed by atoms with van der Waals surface area (Å²) in [4.78, 5) is 0. The van der Waals surface area contributed by atoms with E-state index in [9.17, 15) is 0 Å². The van der Waals surface area contributed by atoms with Gasteiger partial charge in [0.05, 0.1) is 0 Å². The van der Waals surface area contributed by atoms with E-state index in [4.69, 9.17) is 11.5 Å². The highest BCUT2D eigenvalue weighted by Crippen LogP contribution is 2.31. The minimum absolute atomic E-state index is 0.411. The SMILES string of the molecule is CCCC(N)C(C)CCCC1CCC(N)C(C)C1. The Balaban J connectivity index is 2.14. The van der Waals surface area contributed by atoms with Crippen LogP contribution in [0.1, 0.15) is 72.1 Å². The summed E-state index contributed by atoms with van der Waals surface area (Å²) in [5.41, 5.74) is 12.2. The van der Waals surface area contributed by atoms with Crippen molar-refractivity contribution in [3.8, 4) is 0 Å². The summed E-state index contributed by atoms with van der Waals surface area (Å²) in [6.07, 6.45) is 10.4. The smallest absolute Gasteiger partial charge is 0.00647 e. The van der Waals surface area contributed by atoms with Crippen LogP contribution in [0.2, 0.25) is 0 Å². The first-order chi connectivity index (χ1) is 8.54. The normalized spacial score (nSPS) is 32.2. The summed E-state index contributed by atoms with van der Waals surface area (Å²) >= 11 is 0. The molecular formula is C16H34N2. The molecule has 1 aliphatic rings. The van der Waals surface area contributed by atoms with E-state index in [2.05, 4.69) is 20.8 Å². The van der Waals surface area contributed by atoms with Crippen LogP contribution in [0.15, 0.2) is 0 Å². The lowest BCUT2D eigenvalue weighted by Gasteiger charge is -2.32. The zero-order chi connectivity index (χ0) is 13.5. The van der Waals surface area contributed by atoms with Gasteiger partial charge >= 0.3 is 0 Å². The van der Waals surface area contributed by atoms with Crippen molar-refractivity contribution in [1.29, 1.82) is 0 Å². The molecule has 0 aromatic rings. The standard InChI is InChI=1S/C16H34N2/c1-4-6-15(17)12(2)7-5-8-14-9-10-16(18)13(3)11-14/h12-16H,4-11,17-18H2,1-3H3. The first kappa shape index (κ1) is 16.0. The second-order valence-electron chi connectivity index (χ2n) is 6.68. The molecule has 0 aromatic heterocycles. The van der Waals surface area contributed by atoms with Gasteiger partial charge in [-0.1, -0.05) is 40.0 Å². The topological polar surface area (TPSA) is 52.0 Å². The Morgan fingerprint density at radius 3 is 2.56 bits per heavy atom. The molecule has 108 valence electrons. The van der Waals surface area contributed by atoms with Crippen LogP contribution in [-0.4, -0.2) is 12.1 Å². The molecule has 0 aromatic carbocycles. The molecular weight excluding hydrogens is 220 g/mol. The molecule has 0 bridgehead atoms. The van der Waals surface area contributed by atoms with Gasteiger partial charge in [-0.15, -0.1) is 0 Å². The lowest BCUT2D eigenvalue weighted by Crippen LogP contribution is -2.34. The molecule has 4 N–H and O–H groups in total. The van der Waals surface area contributed by atoms with Crippen molar-refractivity contribution in [2.75, 3.05) is 0 Å². The summed E-state index contributed by atoms with van der Waals surface area (Å²) in [7, 11) is 0. The lowest BCUT2D eigenvalue weighted by molar-refractivity contribution is 0.229. The number of hydrogen-bond acceptors (Lipinski definition) is 2. The fourth-order valence-electron chi connectivity index (χ4n) is 3.35. The van der Waals surface area contributed by atoms with Crippen LogP contribution in [0.3, 0.4) is 0 Å². The van der Waals surface area contributed by atoms with Gasteiger partial charge in [0.15, 0.2) is 0 Å². The Labute approximate surface area is 114 Å². The summed E-state index contributed by atoms with van der Waals surface area (Å²) in [5, 5.41) is 0. The monoisotopic (exact) mass is 254 g/mol. The van der Waals surface area contributed by atoms with E-state index in [1.54, 1.807) is 0 Å². The van der Waals surface area contributed by atoms with Crippen molar-refractivity contribution in [2.45, 2.75) is 84.2 Å². The van der Waals surface area contributed by atoms with Crippen LogP contribution in [0.25, 0.3) is 0 Å². The fourth-order valence-corrected chi connectivity index (χ4v) is 3.35. The molecule has 1 aliphatic carbocycles.